The zero-order valence-corrected chi connectivity index (χ0v) is 23.8. The van der Waals surface area contributed by atoms with Gasteiger partial charge in [0, 0.05) is 49.2 Å². The van der Waals surface area contributed by atoms with Gasteiger partial charge in [-0.15, -0.1) is 24.8 Å². The van der Waals surface area contributed by atoms with Crippen LogP contribution in [0, 0.1) is 0 Å². The van der Waals surface area contributed by atoms with Crippen LogP contribution in [0.1, 0.15) is 30.0 Å². The first-order valence-electron chi connectivity index (χ1n) is 13.0. The van der Waals surface area contributed by atoms with Crippen LogP contribution in [0.3, 0.4) is 0 Å². The largest absolute Gasteiger partial charge is 0.457 e. The van der Waals surface area contributed by atoms with Gasteiger partial charge in [0.25, 0.3) is 5.56 Å². The lowest BCUT2D eigenvalue weighted by Crippen LogP contribution is -2.51. The number of hydrogen-bond acceptors (Lipinski definition) is 9. The van der Waals surface area contributed by atoms with E-state index in [1.165, 1.54) is 0 Å². The maximum atomic E-state index is 13.6. The molecule has 3 aliphatic rings. The molecule has 40 heavy (non-hydrogen) atoms. The maximum Gasteiger partial charge on any atom is 0.355 e. The normalized spacial score (nSPS) is 20.0. The van der Waals surface area contributed by atoms with E-state index in [1.807, 2.05) is 35.2 Å². The van der Waals surface area contributed by atoms with E-state index >= 15 is 0 Å². The molecule has 0 radical (unpaired) electrons. The molecular weight excluding hydrogens is 559 g/mol. The van der Waals surface area contributed by atoms with Gasteiger partial charge in [-0.1, -0.05) is 25.1 Å². The van der Waals surface area contributed by atoms with Gasteiger partial charge in [0.05, 0.1) is 42.2 Å². The summed E-state index contributed by atoms with van der Waals surface area (Å²) in [4.78, 5) is 48.9. The Balaban J connectivity index is 0.00000185. The molecule has 214 valence electrons. The molecule has 3 aromatic rings. The van der Waals surface area contributed by atoms with Crippen molar-refractivity contribution in [3.8, 4) is 11.4 Å². The number of esters is 2. The summed E-state index contributed by atoms with van der Waals surface area (Å²) in [5, 5.41) is 10.1. The third-order valence-corrected chi connectivity index (χ3v) is 7.91. The number of para-hydroxylation sites is 1. The second kappa shape index (κ2) is 11.8. The van der Waals surface area contributed by atoms with Gasteiger partial charge >= 0.3 is 11.9 Å². The fraction of sp³-hybridized carbons (Fsp3) is 0.429. The Morgan fingerprint density at radius 3 is 2.55 bits per heavy atom. The summed E-state index contributed by atoms with van der Waals surface area (Å²) in [6.07, 6.45) is 0.135. The Labute approximate surface area is 243 Å². The highest BCUT2D eigenvalue weighted by Gasteiger charge is 2.50. The molecule has 3 aliphatic heterocycles. The van der Waals surface area contributed by atoms with Crippen LogP contribution in [0.2, 0.25) is 0 Å². The molecule has 0 amide bonds. The highest BCUT2D eigenvalue weighted by molar-refractivity contribution is 5.88. The van der Waals surface area contributed by atoms with Crippen LogP contribution >= 0.6 is 24.8 Å². The van der Waals surface area contributed by atoms with Crippen molar-refractivity contribution in [3.05, 3.63) is 63.4 Å². The number of carbonyl (C=O) groups is 2. The van der Waals surface area contributed by atoms with Crippen LogP contribution < -0.4 is 5.56 Å². The van der Waals surface area contributed by atoms with E-state index in [4.69, 9.17) is 19.6 Å². The summed E-state index contributed by atoms with van der Waals surface area (Å²) in [6.45, 7) is 5.48. The number of aliphatic hydroxyl groups is 1. The van der Waals surface area contributed by atoms with Crippen molar-refractivity contribution < 1.29 is 24.2 Å². The van der Waals surface area contributed by atoms with Crippen molar-refractivity contribution in [2.45, 2.75) is 32.1 Å². The van der Waals surface area contributed by atoms with Gasteiger partial charge < -0.3 is 19.1 Å². The molecule has 1 N–H and O–H groups in total. The highest BCUT2D eigenvalue weighted by Crippen LogP contribution is 2.41. The molecule has 1 atom stereocenters. The number of piperazine rings is 1. The smallest absolute Gasteiger partial charge is 0.355 e. The third kappa shape index (κ3) is 4.99. The first-order chi connectivity index (χ1) is 18.4. The first kappa shape index (κ1) is 30.0. The number of ether oxygens (including phenoxy) is 2. The van der Waals surface area contributed by atoms with Crippen LogP contribution in [0.4, 0.5) is 0 Å². The number of β-amino-alcohol motifs (C(OH)–C–C–N with tert-alkyl or cyclic N) is 1. The van der Waals surface area contributed by atoms with E-state index in [2.05, 4.69) is 4.90 Å². The molecule has 5 heterocycles. The quantitative estimate of drug-likeness (QED) is 0.337. The van der Waals surface area contributed by atoms with Crippen LogP contribution in [0.5, 0.6) is 0 Å². The molecule has 0 unspecified atom stereocenters. The SMILES string of the molecule is CC[C@@]1(OC(=O)CN2CCN(CCO)CC2)C(=O)OCc2c1cc1n(c2=O)Cc2cc3ccccc3nc2-1.Cl.Cl. The van der Waals surface area contributed by atoms with E-state index in [0.29, 0.717) is 48.7 Å². The zero-order valence-electron chi connectivity index (χ0n) is 22.1. The highest BCUT2D eigenvalue weighted by atomic mass is 35.5. The predicted octanol–water partition coefficient (Wildman–Crippen LogP) is 2.08. The van der Waals surface area contributed by atoms with Gasteiger partial charge in [0.1, 0.15) is 6.61 Å². The van der Waals surface area contributed by atoms with E-state index in [-0.39, 0.29) is 56.6 Å². The van der Waals surface area contributed by atoms with Crippen molar-refractivity contribution in [2.24, 2.45) is 0 Å². The minimum Gasteiger partial charge on any atom is -0.457 e. The fourth-order valence-electron chi connectivity index (χ4n) is 5.80. The molecule has 1 fully saturated rings. The Kier molecular flexibility index (Phi) is 8.86. The van der Waals surface area contributed by atoms with Crippen molar-refractivity contribution in [3.63, 3.8) is 0 Å². The van der Waals surface area contributed by atoms with Gasteiger partial charge in [-0.05, 0) is 24.6 Å². The van der Waals surface area contributed by atoms with Crippen LogP contribution in [-0.4, -0.2) is 82.3 Å². The Hall–Kier alpha value is -3.02. The summed E-state index contributed by atoms with van der Waals surface area (Å²) in [7, 11) is 0. The molecule has 6 rings (SSSR count). The van der Waals surface area contributed by atoms with E-state index in [1.54, 1.807) is 17.6 Å². The molecule has 2 aromatic heterocycles. The number of cyclic esters (lactones) is 1. The number of rotatable bonds is 6. The van der Waals surface area contributed by atoms with Crippen LogP contribution in [-0.2, 0) is 37.8 Å². The third-order valence-electron chi connectivity index (χ3n) is 7.91. The van der Waals surface area contributed by atoms with Crippen molar-refractivity contribution in [1.29, 1.82) is 0 Å². The number of halogens is 2. The minimum atomic E-state index is -1.70. The fourth-order valence-corrected chi connectivity index (χ4v) is 5.80. The topological polar surface area (TPSA) is 114 Å². The molecule has 0 saturated carbocycles. The standard InChI is InChI=1S/C28H30N4O6.2ClH/c1-2-28(38-24(34)16-31-9-7-30(8-10-31)11-12-33)21-14-23-25-19(13-18-5-3-4-6-22(18)29-25)15-32(23)26(35)20(21)17-37-27(28)36;;/h3-6,13-14,33H,2,7-12,15-17H2,1H3;2*1H/t28-;;/m0../s1. The van der Waals surface area contributed by atoms with Gasteiger partial charge in [0.2, 0.25) is 5.60 Å². The number of aliphatic hydroxyl groups excluding tert-OH is 1. The van der Waals surface area contributed by atoms with Gasteiger partial charge in [-0.25, -0.2) is 9.78 Å². The van der Waals surface area contributed by atoms with Crippen LogP contribution in [0.15, 0.2) is 41.2 Å². The monoisotopic (exact) mass is 590 g/mol. The number of fused-ring (bicyclic) bond motifs is 5. The van der Waals surface area contributed by atoms with E-state index in [0.717, 1.165) is 29.6 Å². The summed E-state index contributed by atoms with van der Waals surface area (Å²) in [5.41, 5.74) is 1.80. The summed E-state index contributed by atoms with van der Waals surface area (Å²) in [5.74, 6) is -1.21. The molecule has 10 nitrogen and oxygen atoms in total. The molecule has 1 saturated heterocycles. The molecule has 1 aromatic carbocycles. The molecular formula is C28H32Cl2N4O6. The van der Waals surface area contributed by atoms with Crippen molar-refractivity contribution in [2.75, 3.05) is 45.9 Å². The summed E-state index contributed by atoms with van der Waals surface area (Å²) in [6, 6.07) is 11.6. The van der Waals surface area contributed by atoms with Crippen LogP contribution in [0.25, 0.3) is 22.3 Å². The Bertz CT molecular complexity index is 1500. The molecule has 0 bridgehead atoms. The summed E-state index contributed by atoms with van der Waals surface area (Å²) >= 11 is 0. The number of aromatic nitrogens is 2. The number of nitrogens with zero attached hydrogens (tertiary/aromatic N) is 4. The van der Waals surface area contributed by atoms with E-state index in [9.17, 15) is 14.4 Å². The zero-order chi connectivity index (χ0) is 26.4. The average Bonchev–Trinajstić information content (AvgIpc) is 3.28. The first-order valence-corrected chi connectivity index (χ1v) is 13.0. The molecule has 0 spiro atoms. The average molecular weight is 591 g/mol. The maximum absolute atomic E-state index is 13.6. The van der Waals surface area contributed by atoms with Gasteiger partial charge in [0.15, 0.2) is 0 Å². The number of benzene rings is 1. The van der Waals surface area contributed by atoms with E-state index < -0.39 is 17.5 Å². The van der Waals surface area contributed by atoms with Crippen molar-refractivity contribution >= 4 is 47.7 Å². The lowest BCUT2D eigenvalue weighted by Gasteiger charge is -2.37. The second-order valence-electron chi connectivity index (χ2n) is 10.1. The number of hydrogen-bond donors (Lipinski definition) is 1. The Morgan fingerprint density at radius 2 is 1.82 bits per heavy atom. The lowest BCUT2D eigenvalue weighted by atomic mass is 9.85. The molecule has 0 aliphatic carbocycles. The van der Waals surface area contributed by atoms with Gasteiger partial charge in [-0.2, -0.15) is 0 Å². The minimum absolute atomic E-state index is 0. The Morgan fingerprint density at radius 1 is 1.10 bits per heavy atom. The lowest BCUT2D eigenvalue weighted by molar-refractivity contribution is -0.190. The van der Waals surface area contributed by atoms with Gasteiger partial charge in [-0.3, -0.25) is 19.4 Å². The second-order valence-corrected chi connectivity index (χ2v) is 10.1. The molecule has 12 heteroatoms. The van der Waals surface area contributed by atoms with Crippen molar-refractivity contribution in [1.82, 2.24) is 19.4 Å². The summed E-state index contributed by atoms with van der Waals surface area (Å²) < 4.78 is 13.0. The predicted molar refractivity (Wildman–Crippen MR) is 153 cm³/mol. The number of carbonyl (C=O) groups excluding carboxylic acids is 2. The number of pyridine rings is 2.